The Balaban J connectivity index is 1.88. The van der Waals surface area contributed by atoms with Crippen LogP contribution in [0.1, 0.15) is 6.42 Å². The van der Waals surface area contributed by atoms with Crippen LogP contribution in [0.3, 0.4) is 0 Å². The summed E-state index contributed by atoms with van der Waals surface area (Å²) < 4.78 is 5.27. The second-order valence-corrected chi connectivity index (χ2v) is 5.42. The molecule has 0 radical (unpaired) electrons. The van der Waals surface area contributed by atoms with Gasteiger partial charge in [0.15, 0.2) is 10.9 Å². The summed E-state index contributed by atoms with van der Waals surface area (Å²) in [4.78, 5) is 17.8. The van der Waals surface area contributed by atoms with Gasteiger partial charge in [0.1, 0.15) is 5.69 Å². The first kappa shape index (κ1) is 10.9. The molecule has 4 nitrogen and oxygen atoms in total. The number of hydrogen-bond acceptors (Lipinski definition) is 5. The van der Waals surface area contributed by atoms with Crippen LogP contribution in [0.2, 0.25) is 0 Å². The van der Waals surface area contributed by atoms with Gasteiger partial charge in [-0.3, -0.25) is 9.69 Å². The van der Waals surface area contributed by atoms with E-state index < -0.39 is 0 Å². The third-order valence-corrected chi connectivity index (χ3v) is 3.81. The Morgan fingerprint density at radius 3 is 3.12 bits per heavy atom. The highest BCUT2D eigenvalue weighted by Gasteiger charge is 2.30. The zero-order valence-electron chi connectivity index (χ0n) is 8.87. The average molecular weight is 266 g/mol. The van der Waals surface area contributed by atoms with Crippen LogP contribution in [0.15, 0.2) is 28.2 Å². The lowest BCUT2D eigenvalue weighted by Gasteiger charge is -2.10. The third kappa shape index (κ3) is 1.98. The number of hydrogen-bond donors (Lipinski definition) is 1. The van der Waals surface area contributed by atoms with Crippen molar-refractivity contribution in [2.24, 2.45) is 0 Å². The first-order valence-corrected chi connectivity index (χ1v) is 6.61. The van der Waals surface area contributed by atoms with Crippen molar-refractivity contribution in [1.29, 1.82) is 0 Å². The lowest BCUT2D eigenvalue weighted by atomic mass is 10.4. The predicted octanol–water partition coefficient (Wildman–Crippen LogP) is 2.44. The molecule has 6 heteroatoms. The maximum absolute atomic E-state index is 11.7. The number of nitrogens with zero attached hydrogens (tertiary/aromatic N) is 2. The summed E-state index contributed by atoms with van der Waals surface area (Å²) in [6, 6.07) is 3.67. The van der Waals surface area contributed by atoms with Gasteiger partial charge in [0.25, 0.3) is 0 Å². The van der Waals surface area contributed by atoms with E-state index in [1.165, 1.54) is 11.3 Å². The fraction of sp³-hybridized carbons (Fsp3) is 0.273. The lowest BCUT2D eigenvalue weighted by Crippen LogP contribution is -2.24. The number of amides is 1. The molecule has 1 atom stereocenters. The molecule has 1 unspecified atom stereocenters. The van der Waals surface area contributed by atoms with E-state index in [0.29, 0.717) is 13.0 Å². The highest BCUT2D eigenvalue weighted by Crippen LogP contribution is 2.31. The Kier molecular flexibility index (Phi) is 2.68. The number of aromatic nitrogens is 1. The SMILES string of the molecule is O=C1CC(S)CN1c1nc(-c2ccco2)cs1. The first-order valence-electron chi connectivity index (χ1n) is 5.22. The van der Waals surface area contributed by atoms with Crippen molar-refractivity contribution in [3.63, 3.8) is 0 Å². The normalized spacial score (nSPS) is 20.2. The van der Waals surface area contributed by atoms with Gasteiger partial charge in [-0.15, -0.1) is 11.3 Å². The number of carbonyl (C=O) groups excluding carboxylic acids is 1. The molecule has 1 aliphatic rings. The minimum atomic E-state index is 0.0883. The Hall–Kier alpha value is -1.27. The Labute approximate surface area is 108 Å². The van der Waals surface area contributed by atoms with Gasteiger partial charge in [-0.05, 0) is 12.1 Å². The summed E-state index contributed by atoms with van der Waals surface area (Å²) in [7, 11) is 0. The van der Waals surface area contributed by atoms with Gasteiger partial charge in [-0.2, -0.15) is 12.6 Å². The van der Waals surface area contributed by atoms with Crippen molar-refractivity contribution in [3.05, 3.63) is 23.8 Å². The largest absolute Gasteiger partial charge is 0.463 e. The van der Waals surface area contributed by atoms with E-state index in [2.05, 4.69) is 17.6 Å². The molecule has 3 heterocycles. The maximum Gasteiger partial charge on any atom is 0.229 e. The lowest BCUT2D eigenvalue weighted by molar-refractivity contribution is -0.117. The summed E-state index contributed by atoms with van der Waals surface area (Å²) in [5.74, 6) is 0.812. The molecule has 1 saturated heterocycles. The van der Waals surface area contributed by atoms with Crippen LogP contribution in [-0.4, -0.2) is 22.7 Å². The summed E-state index contributed by atoms with van der Waals surface area (Å²) in [6.45, 7) is 0.632. The average Bonchev–Trinajstić information content (AvgIpc) is 2.97. The molecule has 88 valence electrons. The Bertz CT molecular complexity index is 535. The fourth-order valence-corrected chi connectivity index (χ4v) is 2.96. The van der Waals surface area contributed by atoms with Gasteiger partial charge in [0.2, 0.25) is 5.91 Å². The topological polar surface area (TPSA) is 46.3 Å². The summed E-state index contributed by atoms with van der Waals surface area (Å²) in [5.41, 5.74) is 0.769. The maximum atomic E-state index is 11.7. The van der Waals surface area contributed by atoms with E-state index in [4.69, 9.17) is 4.42 Å². The molecule has 1 fully saturated rings. The number of carbonyl (C=O) groups is 1. The molecule has 0 aliphatic carbocycles. The highest BCUT2D eigenvalue weighted by molar-refractivity contribution is 7.81. The number of thiazole rings is 1. The van der Waals surface area contributed by atoms with E-state index in [1.807, 2.05) is 17.5 Å². The van der Waals surface area contributed by atoms with Crippen molar-refractivity contribution < 1.29 is 9.21 Å². The Morgan fingerprint density at radius 2 is 2.47 bits per heavy atom. The number of rotatable bonds is 2. The van der Waals surface area contributed by atoms with E-state index in [0.717, 1.165) is 16.6 Å². The van der Waals surface area contributed by atoms with Crippen molar-refractivity contribution in [2.75, 3.05) is 11.4 Å². The van der Waals surface area contributed by atoms with Crippen LogP contribution in [0, 0.1) is 0 Å². The van der Waals surface area contributed by atoms with E-state index in [9.17, 15) is 4.79 Å². The van der Waals surface area contributed by atoms with Crippen molar-refractivity contribution in [2.45, 2.75) is 11.7 Å². The van der Waals surface area contributed by atoms with Crippen LogP contribution in [0.5, 0.6) is 0 Å². The molecule has 2 aromatic rings. The molecule has 1 aliphatic heterocycles. The smallest absolute Gasteiger partial charge is 0.229 e. The second-order valence-electron chi connectivity index (χ2n) is 3.85. The zero-order valence-corrected chi connectivity index (χ0v) is 10.6. The molecule has 3 rings (SSSR count). The quantitative estimate of drug-likeness (QED) is 0.849. The molecule has 17 heavy (non-hydrogen) atoms. The van der Waals surface area contributed by atoms with Crippen LogP contribution < -0.4 is 4.90 Å². The van der Waals surface area contributed by atoms with E-state index in [1.54, 1.807) is 11.2 Å². The van der Waals surface area contributed by atoms with Gasteiger partial charge in [-0.1, -0.05) is 0 Å². The third-order valence-electron chi connectivity index (χ3n) is 2.60. The molecule has 2 aromatic heterocycles. The van der Waals surface area contributed by atoms with E-state index >= 15 is 0 Å². The summed E-state index contributed by atoms with van der Waals surface area (Å²) in [6.07, 6.45) is 2.10. The first-order chi connectivity index (χ1) is 8.24. The van der Waals surface area contributed by atoms with Crippen molar-refractivity contribution >= 4 is 35.0 Å². The van der Waals surface area contributed by atoms with Crippen molar-refractivity contribution in [3.8, 4) is 11.5 Å². The second kappa shape index (κ2) is 4.19. The molecular formula is C11H10N2O2S2. The standard InChI is InChI=1S/C11H10N2O2S2/c14-10-4-7(16)5-13(10)11-12-8(6-17-11)9-2-1-3-15-9/h1-3,6-7,16H,4-5H2. The van der Waals surface area contributed by atoms with Gasteiger partial charge in [-0.25, -0.2) is 4.98 Å². The van der Waals surface area contributed by atoms with E-state index in [-0.39, 0.29) is 11.2 Å². The molecule has 0 bridgehead atoms. The molecule has 1 amide bonds. The molecule has 0 spiro atoms. The molecular weight excluding hydrogens is 256 g/mol. The number of furan rings is 1. The van der Waals surface area contributed by atoms with Gasteiger partial charge in [0, 0.05) is 23.6 Å². The highest BCUT2D eigenvalue weighted by atomic mass is 32.1. The molecule has 0 aromatic carbocycles. The minimum absolute atomic E-state index is 0.0883. The number of thiol groups is 1. The van der Waals surface area contributed by atoms with Crippen LogP contribution in [0.25, 0.3) is 11.5 Å². The fourth-order valence-electron chi connectivity index (χ4n) is 1.80. The molecule has 0 N–H and O–H groups in total. The minimum Gasteiger partial charge on any atom is -0.463 e. The van der Waals surface area contributed by atoms with Crippen LogP contribution in [-0.2, 0) is 4.79 Å². The Morgan fingerprint density at radius 1 is 1.59 bits per heavy atom. The van der Waals surface area contributed by atoms with Gasteiger partial charge < -0.3 is 4.42 Å². The summed E-state index contributed by atoms with van der Waals surface area (Å²) in [5, 5.41) is 2.73. The van der Waals surface area contributed by atoms with Crippen LogP contribution in [0.4, 0.5) is 5.13 Å². The zero-order chi connectivity index (χ0) is 11.8. The van der Waals surface area contributed by atoms with Crippen LogP contribution >= 0.6 is 24.0 Å². The summed E-state index contributed by atoms with van der Waals surface area (Å²) >= 11 is 5.77. The molecule has 0 saturated carbocycles. The van der Waals surface area contributed by atoms with Gasteiger partial charge >= 0.3 is 0 Å². The van der Waals surface area contributed by atoms with Crippen molar-refractivity contribution in [1.82, 2.24) is 4.98 Å². The van der Waals surface area contributed by atoms with Gasteiger partial charge in [0.05, 0.1) is 6.26 Å². The monoisotopic (exact) mass is 266 g/mol. The number of anilines is 1. The predicted molar refractivity (Wildman–Crippen MR) is 69.6 cm³/mol.